The van der Waals surface area contributed by atoms with Crippen molar-refractivity contribution in [3.05, 3.63) is 29.7 Å². The van der Waals surface area contributed by atoms with E-state index in [1.165, 1.54) is 4.68 Å². The minimum absolute atomic E-state index is 0.139. The number of anilines is 1. The molecule has 0 radical (unpaired) electrons. The monoisotopic (exact) mass is 388 g/mol. The van der Waals surface area contributed by atoms with E-state index in [1.807, 2.05) is 6.92 Å². The average Bonchev–Trinajstić information content (AvgIpc) is 3.34. The summed E-state index contributed by atoms with van der Waals surface area (Å²) in [5.41, 5.74) is 1.01. The molecule has 2 amide bonds. The molecule has 1 saturated heterocycles. The molecule has 3 heterocycles. The predicted molar refractivity (Wildman–Crippen MR) is 98.7 cm³/mol. The van der Waals surface area contributed by atoms with Gasteiger partial charge in [0.2, 0.25) is 0 Å². The number of amides is 2. The summed E-state index contributed by atoms with van der Waals surface area (Å²) in [4.78, 5) is 24.3. The van der Waals surface area contributed by atoms with Crippen LogP contribution in [-0.2, 0) is 16.5 Å². The molecule has 1 saturated carbocycles. The van der Waals surface area contributed by atoms with Gasteiger partial charge in [0.1, 0.15) is 17.9 Å². The molecule has 0 aromatic carbocycles. The highest BCUT2D eigenvalue weighted by atomic mass is 16.6. The topological polar surface area (TPSA) is 123 Å². The maximum atomic E-state index is 12.2. The van der Waals surface area contributed by atoms with Crippen molar-refractivity contribution in [2.24, 2.45) is 7.05 Å². The van der Waals surface area contributed by atoms with E-state index in [9.17, 15) is 9.59 Å². The molecule has 150 valence electrons. The molecule has 2 fully saturated rings. The summed E-state index contributed by atoms with van der Waals surface area (Å²) in [7, 11) is 1.69. The number of nitrogens with one attached hydrogen (secondary N) is 3. The van der Waals surface area contributed by atoms with Gasteiger partial charge in [0.15, 0.2) is 5.82 Å². The van der Waals surface area contributed by atoms with E-state index in [-0.39, 0.29) is 23.7 Å². The van der Waals surface area contributed by atoms with Crippen LogP contribution in [0.25, 0.3) is 0 Å². The van der Waals surface area contributed by atoms with Gasteiger partial charge < -0.3 is 20.1 Å². The van der Waals surface area contributed by atoms with Crippen LogP contribution < -0.4 is 10.6 Å². The number of hydrogen-bond donors (Lipinski definition) is 3. The van der Waals surface area contributed by atoms with Crippen molar-refractivity contribution in [3.8, 4) is 0 Å². The van der Waals surface area contributed by atoms with E-state index in [1.54, 1.807) is 25.4 Å². The fourth-order valence-corrected chi connectivity index (χ4v) is 3.50. The Labute approximate surface area is 162 Å². The van der Waals surface area contributed by atoms with Crippen LogP contribution >= 0.6 is 0 Å². The van der Waals surface area contributed by atoms with Gasteiger partial charge in [-0.15, -0.1) is 0 Å². The van der Waals surface area contributed by atoms with Crippen molar-refractivity contribution in [2.75, 3.05) is 11.9 Å². The van der Waals surface area contributed by atoms with E-state index < -0.39 is 6.09 Å². The second-order valence-corrected chi connectivity index (χ2v) is 7.63. The summed E-state index contributed by atoms with van der Waals surface area (Å²) >= 11 is 0. The van der Waals surface area contributed by atoms with Crippen LogP contribution in [0, 0.1) is 0 Å². The molecule has 1 aliphatic carbocycles. The summed E-state index contributed by atoms with van der Waals surface area (Å²) < 4.78 is 12.7. The second kappa shape index (κ2) is 7.27. The largest absolute Gasteiger partial charge is 0.444 e. The summed E-state index contributed by atoms with van der Waals surface area (Å²) in [6.45, 7) is 2.35. The molecule has 2 atom stereocenters. The molecule has 2 aromatic rings. The van der Waals surface area contributed by atoms with Gasteiger partial charge in [0.25, 0.3) is 5.91 Å². The summed E-state index contributed by atoms with van der Waals surface area (Å²) in [5.74, 6) is 0.0950. The Morgan fingerprint density at radius 1 is 1.43 bits per heavy atom. The maximum absolute atomic E-state index is 12.2. The smallest absolute Gasteiger partial charge is 0.407 e. The molecule has 28 heavy (non-hydrogen) atoms. The second-order valence-electron chi connectivity index (χ2n) is 7.63. The average molecular weight is 388 g/mol. The SMILES string of the molecule is Cn1nccc1C(=O)Nc1cc([C@H]2C[C@@H](OC(=O)NC3(C)CCC3)CO2)[nH]n1. The highest BCUT2D eigenvalue weighted by molar-refractivity contribution is 6.02. The molecule has 0 spiro atoms. The number of nitrogens with zero attached hydrogens (tertiary/aromatic N) is 3. The van der Waals surface area contributed by atoms with E-state index in [0.29, 0.717) is 24.5 Å². The lowest BCUT2D eigenvalue weighted by atomic mass is 9.79. The van der Waals surface area contributed by atoms with Gasteiger partial charge >= 0.3 is 6.09 Å². The van der Waals surface area contributed by atoms with Crippen molar-refractivity contribution >= 4 is 17.8 Å². The first kappa shape index (κ1) is 18.5. The first-order valence-corrected chi connectivity index (χ1v) is 9.37. The fraction of sp³-hybridized carbons (Fsp3) is 0.556. The number of carbonyl (C=O) groups is 2. The van der Waals surface area contributed by atoms with E-state index in [4.69, 9.17) is 9.47 Å². The number of alkyl carbamates (subject to hydrolysis) is 1. The van der Waals surface area contributed by atoms with Crippen LogP contribution in [-0.4, -0.2) is 50.2 Å². The predicted octanol–water partition coefficient (Wildman–Crippen LogP) is 1.89. The zero-order valence-electron chi connectivity index (χ0n) is 15.9. The molecule has 3 N–H and O–H groups in total. The first-order valence-electron chi connectivity index (χ1n) is 9.37. The fourth-order valence-electron chi connectivity index (χ4n) is 3.50. The summed E-state index contributed by atoms with van der Waals surface area (Å²) in [6.07, 6.45) is 4.19. The van der Waals surface area contributed by atoms with Gasteiger partial charge in [-0.2, -0.15) is 10.2 Å². The van der Waals surface area contributed by atoms with Crippen LogP contribution in [0.4, 0.5) is 10.6 Å². The molecule has 0 bridgehead atoms. The van der Waals surface area contributed by atoms with Gasteiger partial charge in [-0.1, -0.05) is 0 Å². The van der Waals surface area contributed by atoms with Crippen LogP contribution in [0.2, 0.25) is 0 Å². The third kappa shape index (κ3) is 3.86. The first-order chi connectivity index (χ1) is 13.4. The number of aryl methyl sites for hydroxylation is 1. The van der Waals surface area contributed by atoms with Gasteiger partial charge in [-0.3, -0.25) is 14.6 Å². The number of rotatable bonds is 5. The Balaban J connectivity index is 1.29. The molecule has 10 heteroatoms. The number of H-pyrrole nitrogens is 1. The molecule has 2 aromatic heterocycles. The Hall–Kier alpha value is -2.88. The van der Waals surface area contributed by atoms with E-state index in [2.05, 4.69) is 25.9 Å². The van der Waals surface area contributed by atoms with Crippen molar-refractivity contribution < 1.29 is 19.1 Å². The van der Waals surface area contributed by atoms with Crippen molar-refractivity contribution in [3.63, 3.8) is 0 Å². The van der Waals surface area contributed by atoms with Gasteiger partial charge in [0, 0.05) is 31.3 Å². The molecule has 1 aliphatic heterocycles. The van der Waals surface area contributed by atoms with E-state index in [0.717, 1.165) is 25.0 Å². The van der Waals surface area contributed by atoms with Gasteiger partial charge in [0.05, 0.1) is 12.3 Å². The van der Waals surface area contributed by atoms with Crippen LogP contribution in [0.15, 0.2) is 18.3 Å². The zero-order valence-corrected chi connectivity index (χ0v) is 15.9. The lowest BCUT2D eigenvalue weighted by Gasteiger charge is -2.38. The molecule has 10 nitrogen and oxygen atoms in total. The number of aromatic nitrogens is 4. The molecule has 2 aliphatic rings. The normalized spacial score (nSPS) is 23.1. The third-order valence-electron chi connectivity index (χ3n) is 5.33. The quantitative estimate of drug-likeness (QED) is 0.719. The highest BCUT2D eigenvalue weighted by Gasteiger charge is 2.36. The van der Waals surface area contributed by atoms with Crippen LogP contribution in [0.1, 0.15) is 54.9 Å². The number of carbonyl (C=O) groups excluding carboxylic acids is 2. The Morgan fingerprint density at radius 2 is 2.25 bits per heavy atom. The Bertz CT molecular complexity index is 871. The van der Waals surface area contributed by atoms with Crippen molar-refractivity contribution in [1.29, 1.82) is 0 Å². The standard InChI is InChI=1S/C18H24N6O4/c1-18(5-3-6-18)21-17(26)28-11-8-14(27-10-11)12-9-15(23-22-12)20-16(25)13-4-7-19-24(13)2/h4,7,9,11,14H,3,5-6,8,10H2,1-2H3,(H,21,26)(H2,20,22,23,25)/t11-,14-/m1/s1. The third-order valence-corrected chi connectivity index (χ3v) is 5.33. The zero-order chi connectivity index (χ0) is 19.7. The number of ether oxygens (including phenoxy) is 2. The van der Waals surface area contributed by atoms with Gasteiger partial charge in [-0.05, 0) is 32.3 Å². The molecular formula is C18H24N6O4. The van der Waals surface area contributed by atoms with Crippen LogP contribution in [0.3, 0.4) is 0 Å². The summed E-state index contributed by atoms with van der Waals surface area (Å²) in [5, 5.41) is 16.6. The van der Waals surface area contributed by atoms with Crippen molar-refractivity contribution in [2.45, 2.75) is 50.4 Å². The lowest BCUT2D eigenvalue weighted by Crippen LogP contribution is -2.51. The number of hydrogen-bond acceptors (Lipinski definition) is 6. The van der Waals surface area contributed by atoms with Gasteiger partial charge in [-0.25, -0.2) is 4.79 Å². The molecule has 0 unspecified atom stereocenters. The van der Waals surface area contributed by atoms with Crippen molar-refractivity contribution in [1.82, 2.24) is 25.3 Å². The summed E-state index contributed by atoms with van der Waals surface area (Å²) in [6, 6.07) is 3.34. The Morgan fingerprint density at radius 3 is 2.93 bits per heavy atom. The maximum Gasteiger partial charge on any atom is 0.407 e. The Kier molecular flexibility index (Phi) is 4.80. The minimum atomic E-state index is -0.398. The molecular weight excluding hydrogens is 364 g/mol. The van der Waals surface area contributed by atoms with Crippen LogP contribution in [0.5, 0.6) is 0 Å². The minimum Gasteiger partial charge on any atom is -0.444 e. The molecule has 4 rings (SSSR count). The number of aromatic amines is 1. The lowest BCUT2D eigenvalue weighted by molar-refractivity contribution is 0.0603. The highest BCUT2D eigenvalue weighted by Crippen LogP contribution is 2.32. The van der Waals surface area contributed by atoms with E-state index >= 15 is 0 Å².